The first-order valence-corrected chi connectivity index (χ1v) is 8.64. The highest BCUT2D eigenvalue weighted by atomic mass is 32.1. The summed E-state index contributed by atoms with van der Waals surface area (Å²) in [6, 6.07) is 15.3. The van der Waals surface area contributed by atoms with Crippen molar-refractivity contribution in [2.24, 2.45) is 5.92 Å². The van der Waals surface area contributed by atoms with Gasteiger partial charge < -0.3 is 10.4 Å². The first-order valence-electron chi connectivity index (χ1n) is 7.82. The van der Waals surface area contributed by atoms with E-state index in [-0.39, 0.29) is 5.92 Å². The number of benzene rings is 1. The number of aliphatic carboxylic acids is 1. The van der Waals surface area contributed by atoms with Crippen molar-refractivity contribution in [2.45, 2.75) is 38.3 Å². The zero-order valence-electron chi connectivity index (χ0n) is 12.5. The summed E-state index contributed by atoms with van der Waals surface area (Å²) in [4.78, 5) is 13.6. The van der Waals surface area contributed by atoms with E-state index in [2.05, 4.69) is 41.7 Å². The highest BCUT2D eigenvalue weighted by Crippen LogP contribution is 2.29. The van der Waals surface area contributed by atoms with Crippen LogP contribution in [0.3, 0.4) is 0 Å². The second-order valence-electron chi connectivity index (χ2n) is 5.90. The van der Waals surface area contributed by atoms with Gasteiger partial charge in [-0.1, -0.05) is 30.3 Å². The molecule has 4 heteroatoms. The van der Waals surface area contributed by atoms with Crippen LogP contribution in [-0.4, -0.2) is 17.1 Å². The van der Waals surface area contributed by atoms with Crippen LogP contribution in [-0.2, 0) is 11.3 Å². The Bertz CT molecular complexity index is 615. The van der Waals surface area contributed by atoms with Gasteiger partial charge in [0, 0.05) is 22.3 Å². The van der Waals surface area contributed by atoms with Gasteiger partial charge in [0.2, 0.25) is 0 Å². The normalized spacial score (nSPS) is 21.6. The van der Waals surface area contributed by atoms with Gasteiger partial charge in [-0.25, -0.2) is 0 Å². The van der Waals surface area contributed by atoms with Crippen molar-refractivity contribution in [3.05, 3.63) is 47.3 Å². The standard InChI is InChI=1S/C18H21NO2S/c20-18(21)14-6-8-15(9-7-14)19-12-16-10-11-17(22-16)13-4-2-1-3-5-13/h1-5,10-11,14-15,19H,6-9,12H2,(H,20,21). The van der Waals surface area contributed by atoms with Gasteiger partial charge in [-0.3, -0.25) is 4.79 Å². The van der Waals surface area contributed by atoms with Crippen LogP contribution in [0.15, 0.2) is 42.5 Å². The molecule has 1 saturated carbocycles. The molecular weight excluding hydrogens is 294 g/mol. The van der Waals surface area contributed by atoms with Gasteiger partial charge >= 0.3 is 5.97 Å². The minimum atomic E-state index is -0.635. The number of rotatable bonds is 5. The number of nitrogens with one attached hydrogen (secondary N) is 1. The predicted molar refractivity (Wildman–Crippen MR) is 90.0 cm³/mol. The molecule has 1 fully saturated rings. The second kappa shape index (κ2) is 7.07. The number of carboxylic acid groups (broad SMARTS) is 1. The molecule has 3 nitrogen and oxygen atoms in total. The van der Waals surface area contributed by atoms with Crippen LogP contribution in [0.5, 0.6) is 0 Å². The van der Waals surface area contributed by atoms with E-state index in [0.717, 1.165) is 32.2 Å². The van der Waals surface area contributed by atoms with E-state index >= 15 is 0 Å². The summed E-state index contributed by atoms with van der Waals surface area (Å²) in [5.41, 5.74) is 1.26. The summed E-state index contributed by atoms with van der Waals surface area (Å²) in [5, 5.41) is 12.6. The van der Waals surface area contributed by atoms with Gasteiger partial charge in [-0.2, -0.15) is 0 Å². The highest BCUT2D eigenvalue weighted by molar-refractivity contribution is 7.15. The summed E-state index contributed by atoms with van der Waals surface area (Å²) in [7, 11) is 0. The fourth-order valence-corrected chi connectivity index (χ4v) is 3.98. The van der Waals surface area contributed by atoms with E-state index in [1.54, 1.807) is 0 Å². The van der Waals surface area contributed by atoms with Gasteiger partial charge in [0.05, 0.1) is 5.92 Å². The topological polar surface area (TPSA) is 49.3 Å². The fraction of sp³-hybridized carbons (Fsp3) is 0.389. The molecular formula is C18H21NO2S. The molecule has 116 valence electrons. The maximum Gasteiger partial charge on any atom is 0.306 e. The molecule has 1 aromatic carbocycles. The minimum absolute atomic E-state index is 0.135. The zero-order chi connectivity index (χ0) is 15.4. The largest absolute Gasteiger partial charge is 0.481 e. The van der Waals surface area contributed by atoms with E-state index in [4.69, 9.17) is 5.11 Å². The lowest BCUT2D eigenvalue weighted by Gasteiger charge is -2.26. The smallest absolute Gasteiger partial charge is 0.306 e. The Kier molecular flexibility index (Phi) is 4.90. The Morgan fingerprint density at radius 1 is 1.09 bits per heavy atom. The zero-order valence-corrected chi connectivity index (χ0v) is 13.3. The van der Waals surface area contributed by atoms with Gasteiger partial charge in [0.1, 0.15) is 0 Å². The van der Waals surface area contributed by atoms with Crippen molar-refractivity contribution < 1.29 is 9.90 Å². The Morgan fingerprint density at radius 3 is 2.50 bits per heavy atom. The molecule has 3 rings (SSSR count). The molecule has 0 bridgehead atoms. The van der Waals surface area contributed by atoms with Crippen LogP contribution in [0.1, 0.15) is 30.6 Å². The van der Waals surface area contributed by atoms with E-state index in [0.29, 0.717) is 6.04 Å². The molecule has 1 heterocycles. The Morgan fingerprint density at radius 2 is 1.82 bits per heavy atom. The van der Waals surface area contributed by atoms with Crippen molar-refractivity contribution in [1.29, 1.82) is 0 Å². The molecule has 0 aliphatic heterocycles. The maximum atomic E-state index is 11.0. The van der Waals surface area contributed by atoms with Crippen LogP contribution in [0.25, 0.3) is 10.4 Å². The summed E-state index contributed by atoms with van der Waals surface area (Å²) >= 11 is 1.82. The average molecular weight is 315 g/mol. The van der Waals surface area contributed by atoms with Gasteiger partial charge in [-0.15, -0.1) is 11.3 Å². The number of thiophene rings is 1. The quantitative estimate of drug-likeness (QED) is 0.871. The van der Waals surface area contributed by atoms with Crippen molar-refractivity contribution >= 4 is 17.3 Å². The van der Waals surface area contributed by atoms with Crippen LogP contribution in [0.4, 0.5) is 0 Å². The molecule has 0 amide bonds. The molecule has 0 spiro atoms. The molecule has 2 N–H and O–H groups in total. The van der Waals surface area contributed by atoms with Crippen LogP contribution < -0.4 is 5.32 Å². The van der Waals surface area contributed by atoms with Crippen LogP contribution >= 0.6 is 11.3 Å². The first kappa shape index (κ1) is 15.3. The molecule has 1 aliphatic carbocycles. The van der Waals surface area contributed by atoms with Crippen LogP contribution in [0.2, 0.25) is 0 Å². The van der Waals surface area contributed by atoms with E-state index in [9.17, 15) is 4.79 Å². The second-order valence-corrected chi connectivity index (χ2v) is 7.07. The molecule has 0 unspecified atom stereocenters. The monoisotopic (exact) mass is 315 g/mol. The SMILES string of the molecule is O=C(O)C1CCC(NCc2ccc(-c3ccccc3)s2)CC1. The van der Waals surface area contributed by atoms with Gasteiger partial charge in [0.25, 0.3) is 0 Å². The van der Waals surface area contributed by atoms with Gasteiger partial charge in [0.15, 0.2) is 0 Å². The van der Waals surface area contributed by atoms with E-state index in [1.807, 2.05) is 17.4 Å². The Hall–Kier alpha value is -1.65. The van der Waals surface area contributed by atoms with Crippen molar-refractivity contribution in [1.82, 2.24) is 5.32 Å². The fourth-order valence-electron chi connectivity index (χ4n) is 3.02. The lowest BCUT2D eigenvalue weighted by molar-refractivity contribution is -0.142. The number of carboxylic acids is 1. The molecule has 1 aromatic heterocycles. The van der Waals surface area contributed by atoms with Crippen molar-refractivity contribution in [3.63, 3.8) is 0 Å². The third kappa shape index (κ3) is 3.76. The number of carbonyl (C=O) groups is 1. The number of hydrogen-bond acceptors (Lipinski definition) is 3. The summed E-state index contributed by atoms with van der Waals surface area (Å²) in [6.07, 6.45) is 3.53. The van der Waals surface area contributed by atoms with Crippen molar-refractivity contribution in [2.75, 3.05) is 0 Å². The third-order valence-corrected chi connectivity index (χ3v) is 5.50. The molecule has 1 aliphatic rings. The van der Waals surface area contributed by atoms with Gasteiger partial charge in [-0.05, 0) is 43.4 Å². The molecule has 0 radical (unpaired) electrons. The molecule has 0 saturated heterocycles. The molecule has 2 aromatic rings. The number of hydrogen-bond donors (Lipinski definition) is 2. The molecule has 0 atom stereocenters. The average Bonchev–Trinajstić information content (AvgIpc) is 3.03. The third-order valence-electron chi connectivity index (χ3n) is 4.36. The molecule has 22 heavy (non-hydrogen) atoms. The minimum Gasteiger partial charge on any atom is -0.481 e. The Balaban J connectivity index is 1.51. The lowest BCUT2D eigenvalue weighted by atomic mass is 9.86. The van der Waals surface area contributed by atoms with Crippen molar-refractivity contribution in [3.8, 4) is 10.4 Å². The van der Waals surface area contributed by atoms with E-state index < -0.39 is 5.97 Å². The van der Waals surface area contributed by atoms with Crippen LogP contribution in [0, 0.1) is 5.92 Å². The predicted octanol–water partition coefficient (Wildman–Crippen LogP) is 4.15. The maximum absolute atomic E-state index is 11.0. The van der Waals surface area contributed by atoms with E-state index in [1.165, 1.54) is 15.3 Å². The first-order chi connectivity index (χ1) is 10.7. The summed E-state index contributed by atoms with van der Waals surface area (Å²) in [6.45, 7) is 0.875. The summed E-state index contributed by atoms with van der Waals surface area (Å²) < 4.78 is 0. The summed E-state index contributed by atoms with van der Waals surface area (Å²) in [5.74, 6) is -0.770. The Labute approximate surface area is 135 Å². The highest BCUT2D eigenvalue weighted by Gasteiger charge is 2.25. The lowest BCUT2D eigenvalue weighted by Crippen LogP contribution is -2.34.